The molecule has 1 amide bonds. The minimum atomic E-state index is -0.537. The lowest BCUT2D eigenvalue weighted by Crippen LogP contribution is -2.52. The van der Waals surface area contributed by atoms with E-state index in [0.29, 0.717) is 17.5 Å². The molecule has 3 rings (SSSR count). The monoisotopic (exact) mass is 387 g/mol. The van der Waals surface area contributed by atoms with Crippen molar-refractivity contribution in [2.24, 2.45) is 0 Å². The maximum Gasteiger partial charge on any atom is 0.221 e. The summed E-state index contributed by atoms with van der Waals surface area (Å²) in [5, 5.41) is 5.85. The Morgan fingerprint density at radius 3 is 2.54 bits per heavy atom. The Morgan fingerprint density at radius 2 is 1.93 bits per heavy atom. The molecule has 0 spiro atoms. The lowest BCUT2D eigenvalue weighted by atomic mass is 10.1. The second-order valence-corrected chi connectivity index (χ2v) is 6.78. The molecule has 1 heterocycles. The zero-order chi connectivity index (χ0) is 20.1. The standard InChI is InChI=1S/C21H26FN3O3/c1-4-9-28-17-12-25(13-17)16-7-5-15(6-8-16)24-20-11-21(27-3)18(22)10-19(20)23-14(2)26/h5-8,10-11,17,24H,4,9,12-13H2,1-3H3,(H,23,26). The summed E-state index contributed by atoms with van der Waals surface area (Å²) in [5.74, 6) is -0.711. The maximum atomic E-state index is 14.0. The molecule has 1 aliphatic heterocycles. The molecule has 1 saturated heterocycles. The zero-order valence-corrected chi connectivity index (χ0v) is 16.4. The molecule has 0 radical (unpaired) electrons. The number of benzene rings is 2. The van der Waals surface area contributed by atoms with Crippen LogP contribution in [0.25, 0.3) is 0 Å². The van der Waals surface area contributed by atoms with Crippen LogP contribution in [0.2, 0.25) is 0 Å². The number of nitrogens with zero attached hydrogens (tertiary/aromatic N) is 1. The van der Waals surface area contributed by atoms with Crippen molar-refractivity contribution in [2.45, 2.75) is 26.4 Å². The van der Waals surface area contributed by atoms with Gasteiger partial charge in [-0.05, 0) is 30.7 Å². The smallest absolute Gasteiger partial charge is 0.221 e. The van der Waals surface area contributed by atoms with Gasteiger partial charge in [-0.25, -0.2) is 4.39 Å². The van der Waals surface area contributed by atoms with Gasteiger partial charge in [0.2, 0.25) is 5.91 Å². The molecule has 1 aliphatic rings. The Labute approximate surface area is 164 Å². The van der Waals surface area contributed by atoms with Crippen LogP contribution in [0.3, 0.4) is 0 Å². The number of hydrogen-bond donors (Lipinski definition) is 2. The third-order valence-corrected chi connectivity index (χ3v) is 4.52. The van der Waals surface area contributed by atoms with Crippen LogP contribution in [0.1, 0.15) is 20.3 Å². The van der Waals surface area contributed by atoms with Gasteiger partial charge in [-0.1, -0.05) is 6.92 Å². The lowest BCUT2D eigenvalue weighted by molar-refractivity contribution is -0.114. The molecule has 6 nitrogen and oxygen atoms in total. The van der Waals surface area contributed by atoms with E-state index in [0.717, 1.165) is 37.5 Å². The fourth-order valence-electron chi connectivity index (χ4n) is 3.06. The first-order valence-electron chi connectivity index (χ1n) is 9.39. The highest BCUT2D eigenvalue weighted by Gasteiger charge is 2.27. The van der Waals surface area contributed by atoms with E-state index in [-0.39, 0.29) is 11.7 Å². The zero-order valence-electron chi connectivity index (χ0n) is 16.4. The summed E-state index contributed by atoms with van der Waals surface area (Å²) in [4.78, 5) is 13.7. The number of carbonyl (C=O) groups is 1. The van der Waals surface area contributed by atoms with Crippen LogP contribution in [0.5, 0.6) is 5.75 Å². The van der Waals surface area contributed by atoms with Gasteiger partial charge in [0.25, 0.3) is 0 Å². The van der Waals surface area contributed by atoms with E-state index in [1.54, 1.807) is 0 Å². The van der Waals surface area contributed by atoms with Crippen molar-refractivity contribution in [2.75, 3.05) is 42.3 Å². The van der Waals surface area contributed by atoms with Gasteiger partial charge in [0.15, 0.2) is 11.6 Å². The van der Waals surface area contributed by atoms with E-state index in [9.17, 15) is 9.18 Å². The highest BCUT2D eigenvalue weighted by Crippen LogP contribution is 2.33. The van der Waals surface area contributed by atoms with Gasteiger partial charge >= 0.3 is 0 Å². The summed E-state index contributed by atoms with van der Waals surface area (Å²) in [5.41, 5.74) is 2.86. The van der Waals surface area contributed by atoms with E-state index >= 15 is 0 Å². The van der Waals surface area contributed by atoms with Crippen LogP contribution in [-0.4, -0.2) is 38.8 Å². The molecule has 7 heteroatoms. The number of halogens is 1. The Morgan fingerprint density at radius 1 is 1.21 bits per heavy atom. The number of hydrogen-bond acceptors (Lipinski definition) is 5. The molecule has 1 fully saturated rings. The molecule has 150 valence electrons. The second kappa shape index (κ2) is 8.93. The van der Waals surface area contributed by atoms with E-state index in [1.165, 1.54) is 26.2 Å². The minimum absolute atomic E-state index is 0.104. The third-order valence-electron chi connectivity index (χ3n) is 4.52. The molecule has 0 bridgehead atoms. The van der Waals surface area contributed by atoms with Crippen molar-refractivity contribution in [1.82, 2.24) is 0 Å². The number of methoxy groups -OCH3 is 1. The Bertz CT molecular complexity index is 820. The summed E-state index contributed by atoms with van der Waals surface area (Å²) < 4.78 is 24.8. The maximum absolute atomic E-state index is 14.0. The Balaban J connectivity index is 1.69. The molecular formula is C21H26FN3O3. The number of amides is 1. The molecule has 0 saturated carbocycles. The van der Waals surface area contributed by atoms with Gasteiger partial charge in [-0.3, -0.25) is 4.79 Å². The molecule has 0 aromatic heterocycles. The molecule has 2 aromatic carbocycles. The van der Waals surface area contributed by atoms with Crippen molar-refractivity contribution in [1.29, 1.82) is 0 Å². The fraction of sp³-hybridized carbons (Fsp3) is 0.381. The predicted octanol–water partition coefficient (Wildman–Crippen LogP) is 4.15. The SMILES string of the molecule is CCCOC1CN(c2ccc(Nc3cc(OC)c(F)cc3NC(C)=O)cc2)C1. The van der Waals surface area contributed by atoms with Gasteiger partial charge < -0.3 is 25.0 Å². The summed E-state index contributed by atoms with van der Waals surface area (Å²) >= 11 is 0. The molecule has 2 N–H and O–H groups in total. The predicted molar refractivity (Wildman–Crippen MR) is 109 cm³/mol. The Kier molecular flexibility index (Phi) is 6.36. The summed E-state index contributed by atoms with van der Waals surface area (Å²) in [7, 11) is 1.40. The molecule has 0 aliphatic carbocycles. The van der Waals surface area contributed by atoms with Gasteiger partial charge in [-0.2, -0.15) is 0 Å². The fourth-order valence-corrected chi connectivity index (χ4v) is 3.06. The third kappa shape index (κ3) is 4.72. The highest BCUT2D eigenvalue weighted by molar-refractivity contribution is 5.93. The van der Waals surface area contributed by atoms with Crippen LogP contribution in [0.15, 0.2) is 36.4 Å². The van der Waals surface area contributed by atoms with Gasteiger partial charge in [-0.15, -0.1) is 0 Å². The first-order chi connectivity index (χ1) is 13.5. The van der Waals surface area contributed by atoms with Gasteiger partial charge in [0.1, 0.15) is 0 Å². The summed E-state index contributed by atoms with van der Waals surface area (Å²) in [6.45, 7) is 6.09. The highest BCUT2D eigenvalue weighted by atomic mass is 19.1. The lowest BCUT2D eigenvalue weighted by Gasteiger charge is -2.40. The Hall–Kier alpha value is -2.80. The number of rotatable bonds is 8. The van der Waals surface area contributed by atoms with Crippen molar-refractivity contribution >= 4 is 28.7 Å². The molecular weight excluding hydrogens is 361 g/mol. The second-order valence-electron chi connectivity index (χ2n) is 6.78. The number of ether oxygens (including phenoxy) is 2. The number of anilines is 4. The average molecular weight is 387 g/mol. The van der Waals surface area contributed by atoms with E-state index in [4.69, 9.17) is 9.47 Å². The van der Waals surface area contributed by atoms with Crippen LogP contribution >= 0.6 is 0 Å². The van der Waals surface area contributed by atoms with E-state index in [1.807, 2.05) is 24.3 Å². The van der Waals surface area contributed by atoms with Crippen molar-refractivity contribution in [3.05, 3.63) is 42.2 Å². The molecule has 2 aromatic rings. The number of carbonyl (C=O) groups excluding carboxylic acids is 1. The molecule has 0 unspecified atom stereocenters. The van der Waals surface area contributed by atoms with Gasteiger partial charge in [0.05, 0.1) is 24.6 Å². The van der Waals surface area contributed by atoms with Crippen LogP contribution in [-0.2, 0) is 9.53 Å². The van der Waals surface area contributed by atoms with E-state index < -0.39 is 5.82 Å². The summed E-state index contributed by atoms with van der Waals surface area (Å²) in [6.07, 6.45) is 1.34. The molecule has 0 atom stereocenters. The molecule has 28 heavy (non-hydrogen) atoms. The first kappa shape index (κ1) is 19.9. The largest absolute Gasteiger partial charge is 0.494 e. The van der Waals surface area contributed by atoms with Crippen molar-refractivity contribution in [3.63, 3.8) is 0 Å². The average Bonchev–Trinajstić information content (AvgIpc) is 2.63. The normalized spacial score (nSPS) is 13.8. The van der Waals surface area contributed by atoms with Crippen molar-refractivity contribution in [3.8, 4) is 5.75 Å². The first-order valence-corrected chi connectivity index (χ1v) is 9.39. The van der Waals surface area contributed by atoms with Crippen molar-refractivity contribution < 1.29 is 18.7 Å². The van der Waals surface area contributed by atoms with Gasteiger partial charge in [0, 0.05) is 50.1 Å². The minimum Gasteiger partial charge on any atom is -0.494 e. The van der Waals surface area contributed by atoms with Crippen LogP contribution in [0.4, 0.5) is 27.1 Å². The van der Waals surface area contributed by atoms with Crippen LogP contribution in [0, 0.1) is 5.82 Å². The van der Waals surface area contributed by atoms with Crippen LogP contribution < -0.4 is 20.3 Å². The quantitative estimate of drug-likeness (QED) is 0.712. The van der Waals surface area contributed by atoms with E-state index in [2.05, 4.69) is 22.5 Å². The number of nitrogens with one attached hydrogen (secondary N) is 2. The summed E-state index contributed by atoms with van der Waals surface area (Å²) in [6, 6.07) is 10.7. The topological polar surface area (TPSA) is 62.8 Å².